The van der Waals surface area contributed by atoms with E-state index in [1.807, 2.05) is 0 Å². The molecule has 4 aliphatic rings. The van der Waals surface area contributed by atoms with Gasteiger partial charge in [-0.1, -0.05) is 34.1 Å². The zero-order valence-electron chi connectivity index (χ0n) is 19.1. The molecular formula is C26H43NO2. The van der Waals surface area contributed by atoms with Gasteiger partial charge in [0.15, 0.2) is 0 Å². The molecule has 11 atom stereocenters. The molecule has 0 aromatic carbocycles. The lowest BCUT2D eigenvalue weighted by atomic mass is 9.41. The minimum absolute atomic E-state index is 0.170. The first kappa shape index (κ1) is 21.6. The van der Waals surface area contributed by atoms with E-state index in [1.165, 1.54) is 25.7 Å². The number of rotatable bonds is 4. The second-order valence-corrected chi connectivity index (χ2v) is 11.8. The summed E-state index contributed by atoms with van der Waals surface area (Å²) in [6.07, 6.45) is 10.4. The van der Waals surface area contributed by atoms with Crippen LogP contribution in [0.25, 0.3) is 0 Å². The molecular weight excluding hydrogens is 358 g/mol. The van der Waals surface area contributed by atoms with Crippen molar-refractivity contribution in [1.82, 2.24) is 0 Å². The molecule has 0 aliphatic heterocycles. The Labute approximate surface area is 178 Å². The van der Waals surface area contributed by atoms with E-state index in [0.717, 1.165) is 32.1 Å². The normalized spacial score (nSPS) is 52.7. The van der Waals surface area contributed by atoms with Gasteiger partial charge in [0.2, 0.25) is 0 Å². The van der Waals surface area contributed by atoms with E-state index in [2.05, 4.69) is 33.8 Å². The smallest absolute Gasteiger partial charge is 0.0621 e. The first-order chi connectivity index (χ1) is 13.8. The summed E-state index contributed by atoms with van der Waals surface area (Å²) in [5.41, 5.74) is 0.613. The third-order valence-corrected chi connectivity index (χ3v) is 10.9. The summed E-state index contributed by atoms with van der Waals surface area (Å²) in [6.45, 7) is 9.66. The number of aliphatic hydroxyl groups is 2. The summed E-state index contributed by atoms with van der Waals surface area (Å²) in [6, 6.07) is 2.35. The third-order valence-electron chi connectivity index (χ3n) is 10.9. The van der Waals surface area contributed by atoms with Gasteiger partial charge in [-0.15, -0.1) is 0 Å². The lowest BCUT2D eigenvalue weighted by Gasteiger charge is -2.64. The summed E-state index contributed by atoms with van der Waals surface area (Å²) in [5.74, 6) is 3.80. The molecule has 0 aromatic heterocycles. The van der Waals surface area contributed by atoms with Crippen LogP contribution in [0.5, 0.6) is 0 Å². The van der Waals surface area contributed by atoms with Gasteiger partial charge in [-0.2, -0.15) is 5.26 Å². The van der Waals surface area contributed by atoms with Gasteiger partial charge in [-0.05, 0) is 104 Å². The highest BCUT2D eigenvalue weighted by molar-refractivity contribution is 5.13. The van der Waals surface area contributed by atoms with Crippen LogP contribution in [0.2, 0.25) is 0 Å². The highest BCUT2D eigenvalue weighted by Gasteiger charge is 2.64. The molecule has 0 saturated heterocycles. The fraction of sp³-hybridized carbons (Fsp3) is 0.962. The highest BCUT2D eigenvalue weighted by atomic mass is 16.3. The maximum Gasteiger partial charge on any atom is 0.0621 e. The topological polar surface area (TPSA) is 64.2 Å². The molecule has 4 rings (SSSR count). The summed E-state index contributed by atoms with van der Waals surface area (Å²) < 4.78 is 0. The molecule has 0 amide bonds. The van der Waals surface area contributed by atoms with E-state index in [1.54, 1.807) is 0 Å². The van der Waals surface area contributed by atoms with Crippen LogP contribution < -0.4 is 0 Å². The van der Waals surface area contributed by atoms with E-state index in [9.17, 15) is 10.2 Å². The van der Waals surface area contributed by atoms with Crippen molar-refractivity contribution < 1.29 is 10.2 Å². The van der Waals surface area contributed by atoms with Gasteiger partial charge >= 0.3 is 0 Å². The lowest BCUT2D eigenvalue weighted by Crippen LogP contribution is -2.62. The van der Waals surface area contributed by atoms with Gasteiger partial charge in [-0.3, -0.25) is 0 Å². The molecule has 29 heavy (non-hydrogen) atoms. The number of nitriles is 1. The maximum atomic E-state index is 11.7. The molecule has 2 N–H and O–H groups in total. The molecule has 0 heterocycles. The second-order valence-electron chi connectivity index (χ2n) is 11.8. The SMILES string of the molecule is CC[C@H]1[C@@H](O)[C@@H]2[C@@H]3CC[C@H]([C@H](C)CCC#N)C3(C)CC[C@@H]2[C@@]2(C)CC[C@@H](O)C[C@@H]12. The van der Waals surface area contributed by atoms with Crippen LogP contribution in [-0.2, 0) is 0 Å². The molecule has 0 bridgehead atoms. The molecule has 1 unspecified atom stereocenters. The fourth-order valence-corrected chi connectivity index (χ4v) is 9.43. The van der Waals surface area contributed by atoms with Gasteiger partial charge in [0, 0.05) is 6.42 Å². The van der Waals surface area contributed by atoms with E-state index in [4.69, 9.17) is 5.26 Å². The van der Waals surface area contributed by atoms with Crippen molar-refractivity contribution in [1.29, 1.82) is 5.26 Å². The Hall–Kier alpha value is -0.590. The lowest BCUT2D eigenvalue weighted by molar-refractivity contribution is -0.203. The zero-order chi connectivity index (χ0) is 21.0. The Bertz CT molecular complexity index is 643. The van der Waals surface area contributed by atoms with Crippen LogP contribution in [-0.4, -0.2) is 22.4 Å². The largest absolute Gasteiger partial charge is 0.393 e. The number of hydrogen-bond acceptors (Lipinski definition) is 3. The number of aliphatic hydroxyl groups excluding tert-OH is 2. The van der Waals surface area contributed by atoms with Crippen molar-refractivity contribution in [2.45, 2.75) is 104 Å². The molecule has 0 radical (unpaired) electrons. The molecule has 0 spiro atoms. The van der Waals surface area contributed by atoms with Crippen molar-refractivity contribution in [3.63, 3.8) is 0 Å². The van der Waals surface area contributed by atoms with E-state index in [0.29, 0.717) is 53.3 Å². The van der Waals surface area contributed by atoms with Gasteiger partial charge in [-0.25, -0.2) is 0 Å². The Kier molecular flexibility index (Phi) is 5.84. The summed E-state index contributed by atoms with van der Waals surface area (Å²) in [4.78, 5) is 0. The van der Waals surface area contributed by atoms with Crippen LogP contribution in [0.1, 0.15) is 91.9 Å². The average molecular weight is 402 g/mol. The van der Waals surface area contributed by atoms with Crippen LogP contribution in [0, 0.1) is 63.6 Å². The number of fused-ring (bicyclic) bond motifs is 5. The molecule has 0 aromatic rings. The predicted molar refractivity (Wildman–Crippen MR) is 116 cm³/mol. The Morgan fingerprint density at radius 2 is 1.69 bits per heavy atom. The van der Waals surface area contributed by atoms with E-state index < -0.39 is 0 Å². The maximum absolute atomic E-state index is 11.7. The predicted octanol–water partition coefficient (Wildman–Crippen LogP) is 5.55. The standard InChI is InChI=1S/C26H43NO2/c1-5-18-22-15-17(28)10-12-26(22,4)21-11-13-25(3)19(16(2)7-6-14-27)8-9-20(25)23(21)24(18)29/h16-24,28-29H,5-13,15H2,1-4H3/t16-,17-,18-,19-,20+,21+,22+,23-,24-,25?,26-/m1/s1. The van der Waals surface area contributed by atoms with Crippen molar-refractivity contribution in [3.05, 3.63) is 0 Å². The number of nitrogens with zero attached hydrogens (tertiary/aromatic N) is 1. The van der Waals surface area contributed by atoms with Crippen LogP contribution in [0.15, 0.2) is 0 Å². The second kappa shape index (κ2) is 7.83. The summed E-state index contributed by atoms with van der Waals surface area (Å²) in [7, 11) is 0. The van der Waals surface area contributed by atoms with Crippen molar-refractivity contribution >= 4 is 0 Å². The van der Waals surface area contributed by atoms with Gasteiger partial charge in [0.25, 0.3) is 0 Å². The van der Waals surface area contributed by atoms with Crippen LogP contribution in [0.4, 0.5) is 0 Å². The van der Waals surface area contributed by atoms with Crippen molar-refractivity contribution in [3.8, 4) is 6.07 Å². The van der Waals surface area contributed by atoms with Crippen molar-refractivity contribution in [2.24, 2.45) is 52.3 Å². The summed E-state index contributed by atoms with van der Waals surface area (Å²) in [5, 5.41) is 31.2. The van der Waals surface area contributed by atoms with Gasteiger partial charge in [0.05, 0.1) is 18.3 Å². The summed E-state index contributed by atoms with van der Waals surface area (Å²) >= 11 is 0. The van der Waals surface area contributed by atoms with Gasteiger partial charge in [0.1, 0.15) is 0 Å². The third kappa shape index (κ3) is 3.20. The minimum Gasteiger partial charge on any atom is -0.393 e. The Morgan fingerprint density at radius 3 is 2.38 bits per heavy atom. The zero-order valence-corrected chi connectivity index (χ0v) is 19.1. The molecule has 3 heteroatoms. The quantitative estimate of drug-likeness (QED) is 0.649. The Morgan fingerprint density at radius 1 is 1.00 bits per heavy atom. The van der Waals surface area contributed by atoms with Gasteiger partial charge < -0.3 is 10.2 Å². The Balaban J connectivity index is 1.64. The van der Waals surface area contributed by atoms with Crippen molar-refractivity contribution in [2.75, 3.05) is 0 Å². The van der Waals surface area contributed by atoms with Crippen LogP contribution in [0.3, 0.4) is 0 Å². The monoisotopic (exact) mass is 401 g/mol. The first-order valence-corrected chi connectivity index (χ1v) is 12.5. The minimum atomic E-state index is -0.203. The first-order valence-electron chi connectivity index (χ1n) is 12.5. The number of hydrogen-bond donors (Lipinski definition) is 2. The molecule has 3 nitrogen and oxygen atoms in total. The van der Waals surface area contributed by atoms with Crippen LogP contribution >= 0.6 is 0 Å². The molecule has 164 valence electrons. The molecule has 4 fully saturated rings. The average Bonchev–Trinajstić information content (AvgIpc) is 3.05. The van der Waals surface area contributed by atoms with E-state index >= 15 is 0 Å². The van der Waals surface area contributed by atoms with E-state index in [-0.39, 0.29) is 17.6 Å². The molecule has 4 aliphatic carbocycles. The fourth-order valence-electron chi connectivity index (χ4n) is 9.43. The highest BCUT2D eigenvalue weighted by Crippen LogP contribution is 2.69. The molecule has 4 saturated carbocycles.